The summed E-state index contributed by atoms with van der Waals surface area (Å²) in [5, 5.41) is 26.8. The Bertz CT molecular complexity index is 91.0. The van der Waals surface area contributed by atoms with Crippen LogP contribution in [0.5, 0.6) is 0 Å². The van der Waals surface area contributed by atoms with Gasteiger partial charge in [-0.2, -0.15) is 0 Å². The van der Waals surface area contributed by atoms with Crippen molar-refractivity contribution in [1.29, 1.82) is 0 Å². The Hall–Kier alpha value is -0.120. The molecular formula is C6H14O3. The second-order valence-electron chi connectivity index (χ2n) is 2.99. The van der Waals surface area contributed by atoms with Crippen LogP contribution in [0.1, 0.15) is 20.8 Å². The molecule has 0 amide bonds. The fourth-order valence-electron chi connectivity index (χ4n) is 0.193. The van der Waals surface area contributed by atoms with Crippen LogP contribution < -0.4 is 0 Å². The summed E-state index contributed by atoms with van der Waals surface area (Å²) in [4.78, 5) is 0. The molecule has 1 unspecified atom stereocenters. The van der Waals surface area contributed by atoms with Gasteiger partial charge in [0.1, 0.15) is 5.60 Å². The molecule has 1 atom stereocenters. The lowest BCUT2D eigenvalue weighted by atomic mass is 9.89. The summed E-state index contributed by atoms with van der Waals surface area (Å²) in [6.45, 7) is 3.84. The molecule has 0 fully saturated rings. The first-order chi connectivity index (χ1) is 3.81. The highest BCUT2D eigenvalue weighted by Gasteiger charge is 2.36. The normalized spacial score (nSPS) is 19.3. The van der Waals surface area contributed by atoms with Crippen molar-refractivity contribution in [2.75, 3.05) is 6.61 Å². The van der Waals surface area contributed by atoms with Crippen molar-refractivity contribution in [3.8, 4) is 0 Å². The minimum atomic E-state index is -1.41. The molecule has 0 saturated carbocycles. The molecule has 9 heavy (non-hydrogen) atoms. The van der Waals surface area contributed by atoms with Gasteiger partial charge in [-0.15, -0.1) is 0 Å². The van der Waals surface area contributed by atoms with E-state index in [2.05, 4.69) is 0 Å². The summed E-state index contributed by atoms with van der Waals surface area (Å²) in [5.41, 5.74) is -2.66. The number of rotatable bonds is 2. The van der Waals surface area contributed by atoms with Crippen LogP contribution in [-0.4, -0.2) is 33.1 Å². The Labute approximate surface area is 54.9 Å². The van der Waals surface area contributed by atoms with E-state index in [0.29, 0.717) is 0 Å². The lowest BCUT2D eigenvalue weighted by Crippen LogP contribution is -2.50. The SMILES string of the molecule is CC(C)(O)C(C)(O)CO. The summed E-state index contributed by atoms with van der Waals surface area (Å²) in [6, 6.07) is 0. The average Bonchev–Trinajstić information content (AvgIpc) is 1.64. The molecule has 56 valence electrons. The first kappa shape index (κ1) is 8.88. The maximum Gasteiger partial charge on any atom is 0.113 e. The standard InChI is InChI=1S/C6H14O3/c1-5(2,8)6(3,9)4-7/h7-9H,4H2,1-3H3. The fourth-order valence-corrected chi connectivity index (χ4v) is 0.193. The minimum absolute atomic E-state index is 0.434. The van der Waals surface area contributed by atoms with E-state index in [1.165, 1.54) is 20.8 Å². The molecule has 0 aromatic heterocycles. The molecule has 0 aromatic carbocycles. The van der Waals surface area contributed by atoms with Gasteiger partial charge in [0.05, 0.1) is 12.2 Å². The van der Waals surface area contributed by atoms with Gasteiger partial charge in [0, 0.05) is 0 Å². The molecule has 0 aliphatic heterocycles. The van der Waals surface area contributed by atoms with Crippen molar-refractivity contribution in [3.05, 3.63) is 0 Å². The highest BCUT2D eigenvalue weighted by molar-refractivity contribution is 4.88. The van der Waals surface area contributed by atoms with Crippen LogP contribution >= 0.6 is 0 Å². The molecule has 3 N–H and O–H groups in total. The Kier molecular flexibility index (Phi) is 2.22. The van der Waals surface area contributed by atoms with Gasteiger partial charge in [0.25, 0.3) is 0 Å². The quantitative estimate of drug-likeness (QED) is 0.477. The van der Waals surface area contributed by atoms with Crippen LogP contribution in [0.25, 0.3) is 0 Å². The summed E-state index contributed by atoms with van der Waals surface area (Å²) < 4.78 is 0. The van der Waals surface area contributed by atoms with E-state index in [9.17, 15) is 0 Å². The molecule has 0 rings (SSSR count). The molecule has 3 nitrogen and oxygen atoms in total. The molecular weight excluding hydrogens is 120 g/mol. The van der Waals surface area contributed by atoms with Crippen LogP contribution in [0.2, 0.25) is 0 Å². The zero-order valence-corrected chi connectivity index (χ0v) is 6.05. The van der Waals surface area contributed by atoms with E-state index in [4.69, 9.17) is 15.3 Å². The largest absolute Gasteiger partial charge is 0.393 e. The van der Waals surface area contributed by atoms with Crippen LogP contribution in [0.4, 0.5) is 0 Å². The monoisotopic (exact) mass is 134 g/mol. The minimum Gasteiger partial charge on any atom is -0.393 e. The van der Waals surface area contributed by atoms with Crippen molar-refractivity contribution in [1.82, 2.24) is 0 Å². The summed E-state index contributed by atoms with van der Waals surface area (Å²) in [5.74, 6) is 0. The van der Waals surface area contributed by atoms with Gasteiger partial charge in [-0.05, 0) is 20.8 Å². The lowest BCUT2D eigenvalue weighted by Gasteiger charge is -2.33. The second-order valence-corrected chi connectivity index (χ2v) is 2.99. The highest BCUT2D eigenvalue weighted by Crippen LogP contribution is 2.19. The Balaban J connectivity index is 4.14. The van der Waals surface area contributed by atoms with E-state index in [1.807, 2.05) is 0 Å². The predicted octanol–water partition coefficient (Wildman–Crippen LogP) is -0.499. The Morgan fingerprint density at radius 2 is 1.44 bits per heavy atom. The van der Waals surface area contributed by atoms with E-state index in [0.717, 1.165) is 0 Å². The van der Waals surface area contributed by atoms with Crippen molar-refractivity contribution in [2.45, 2.75) is 32.0 Å². The van der Waals surface area contributed by atoms with Gasteiger partial charge in [-0.3, -0.25) is 0 Å². The molecule has 0 heterocycles. The van der Waals surface area contributed by atoms with Gasteiger partial charge in [-0.1, -0.05) is 0 Å². The van der Waals surface area contributed by atoms with Crippen molar-refractivity contribution < 1.29 is 15.3 Å². The summed E-state index contributed by atoms with van der Waals surface area (Å²) in [6.07, 6.45) is 0. The molecule has 0 aliphatic carbocycles. The topological polar surface area (TPSA) is 60.7 Å². The lowest BCUT2D eigenvalue weighted by molar-refractivity contribution is -0.142. The maximum atomic E-state index is 9.16. The molecule has 0 spiro atoms. The van der Waals surface area contributed by atoms with Crippen molar-refractivity contribution in [3.63, 3.8) is 0 Å². The van der Waals surface area contributed by atoms with Gasteiger partial charge in [-0.25, -0.2) is 0 Å². The number of hydrogen-bond donors (Lipinski definition) is 3. The molecule has 3 heteroatoms. The first-order valence-electron chi connectivity index (χ1n) is 2.87. The van der Waals surface area contributed by atoms with Crippen molar-refractivity contribution in [2.24, 2.45) is 0 Å². The van der Waals surface area contributed by atoms with E-state index < -0.39 is 17.8 Å². The maximum absolute atomic E-state index is 9.16. The average molecular weight is 134 g/mol. The van der Waals surface area contributed by atoms with E-state index in [1.54, 1.807) is 0 Å². The predicted molar refractivity (Wildman–Crippen MR) is 34.0 cm³/mol. The third-order valence-electron chi connectivity index (χ3n) is 1.63. The van der Waals surface area contributed by atoms with Gasteiger partial charge in [0.15, 0.2) is 0 Å². The molecule has 0 aromatic rings. The molecule has 0 aliphatic rings. The molecule has 0 radical (unpaired) electrons. The second kappa shape index (κ2) is 2.25. The third-order valence-corrected chi connectivity index (χ3v) is 1.63. The van der Waals surface area contributed by atoms with Crippen LogP contribution in [0, 0.1) is 0 Å². The third kappa shape index (κ3) is 1.93. The van der Waals surface area contributed by atoms with Gasteiger partial charge >= 0.3 is 0 Å². The van der Waals surface area contributed by atoms with Gasteiger partial charge in [0.2, 0.25) is 0 Å². The molecule has 0 saturated heterocycles. The first-order valence-corrected chi connectivity index (χ1v) is 2.87. The highest BCUT2D eigenvalue weighted by atomic mass is 16.4. The number of aliphatic hydroxyl groups is 3. The van der Waals surface area contributed by atoms with Crippen molar-refractivity contribution >= 4 is 0 Å². The smallest absolute Gasteiger partial charge is 0.113 e. The summed E-state index contributed by atoms with van der Waals surface area (Å²) >= 11 is 0. The molecule has 0 bridgehead atoms. The van der Waals surface area contributed by atoms with E-state index in [-0.39, 0.29) is 0 Å². The number of hydrogen-bond acceptors (Lipinski definition) is 3. The zero-order chi connectivity index (χ0) is 7.71. The van der Waals surface area contributed by atoms with Gasteiger partial charge < -0.3 is 15.3 Å². The van der Waals surface area contributed by atoms with Crippen LogP contribution in [0.3, 0.4) is 0 Å². The van der Waals surface area contributed by atoms with Crippen LogP contribution in [-0.2, 0) is 0 Å². The zero-order valence-electron chi connectivity index (χ0n) is 6.05. The van der Waals surface area contributed by atoms with E-state index >= 15 is 0 Å². The number of aliphatic hydroxyl groups excluding tert-OH is 1. The Morgan fingerprint density at radius 3 is 1.44 bits per heavy atom. The fraction of sp³-hybridized carbons (Fsp3) is 1.00. The van der Waals surface area contributed by atoms with Crippen LogP contribution in [0.15, 0.2) is 0 Å². The Morgan fingerprint density at radius 1 is 1.11 bits per heavy atom. The summed E-state index contributed by atoms with van der Waals surface area (Å²) in [7, 11) is 0.